The van der Waals surface area contributed by atoms with Crippen molar-refractivity contribution in [1.29, 1.82) is 5.26 Å². The zero-order chi connectivity index (χ0) is 17.8. The zero-order valence-corrected chi connectivity index (χ0v) is 14.5. The number of benzene rings is 1. The Morgan fingerprint density at radius 3 is 2.26 bits per heavy atom. The summed E-state index contributed by atoms with van der Waals surface area (Å²) in [6.45, 7) is 4.97. The molecule has 0 heterocycles. The van der Waals surface area contributed by atoms with E-state index < -0.39 is 27.5 Å². The van der Waals surface area contributed by atoms with Gasteiger partial charge in [-0.05, 0) is 45.0 Å². The van der Waals surface area contributed by atoms with Crippen LogP contribution in [0.15, 0.2) is 29.2 Å². The van der Waals surface area contributed by atoms with Crippen LogP contribution in [0.2, 0.25) is 0 Å². The van der Waals surface area contributed by atoms with Gasteiger partial charge in [0, 0.05) is 7.05 Å². The highest BCUT2D eigenvalue weighted by Crippen LogP contribution is 2.23. The number of ether oxygens (including phenoxy) is 1. The average molecular weight is 340 g/mol. The number of hydrogen-bond acceptors (Lipinski definition) is 6. The molecule has 1 aromatic carbocycles. The average Bonchev–Trinajstić information content (AvgIpc) is 2.53. The van der Waals surface area contributed by atoms with Gasteiger partial charge >= 0.3 is 5.97 Å². The summed E-state index contributed by atoms with van der Waals surface area (Å²) >= 11 is 0. The molecule has 0 radical (unpaired) electrons. The van der Waals surface area contributed by atoms with Gasteiger partial charge in [-0.25, -0.2) is 13.2 Å². The summed E-state index contributed by atoms with van der Waals surface area (Å²) in [6.07, 6.45) is -0.608. The summed E-state index contributed by atoms with van der Waals surface area (Å²) in [5, 5.41) is 9.02. The molecule has 0 aromatic heterocycles. The maximum Gasteiger partial charge on any atom is 0.338 e. The molecule has 0 unspecified atom stereocenters. The number of carbonyl (C=O) groups is 1. The van der Waals surface area contributed by atoms with E-state index in [0.717, 1.165) is 4.47 Å². The number of sulfonamides is 1. The largest absolute Gasteiger partial charge is 0.457 e. The molecule has 1 rings (SSSR count). The third-order valence-corrected chi connectivity index (χ3v) is 5.27. The minimum absolute atomic E-state index is 0.0104. The molecule has 0 saturated heterocycles. The van der Waals surface area contributed by atoms with Crippen molar-refractivity contribution in [3.63, 3.8) is 0 Å². The Morgan fingerprint density at radius 1 is 1.30 bits per heavy atom. The van der Waals surface area contributed by atoms with E-state index in [-0.39, 0.29) is 10.5 Å². The number of esters is 1. The molecule has 8 heteroatoms. The van der Waals surface area contributed by atoms with E-state index >= 15 is 0 Å². The lowest BCUT2D eigenvalue weighted by atomic mass is 9.89. The first-order valence-electron chi connectivity index (χ1n) is 6.81. The lowest BCUT2D eigenvalue weighted by molar-refractivity contribution is -0.0258. The predicted molar refractivity (Wildman–Crippen MR) is 82.7 cm³/mol. The molecular formula is C15H20N2O5S. The second-order valence-electron chi connectivity index (χ2n) is 5.50. The van der Waals surface area contributed by atoms with Gasteiger partial charge in [-0.2, -0.15) is 5.26 Å². The Bertz CT molecular complexity index is 704. The number of carbonyl (C=O) groups excluding carboxylic acids is 1. The van der Waals surface area contributed by atoms with Gasteiger partial charge in [-0.15, -0.1) is 0 Å². The fourth-order valence-electron chi connectivity index (χ4n) is 1.48. The monoisotopic (exact) mass is 340 g/mol. The van der Waals surface area contributed by atoms with Crippen molar-refractivity contribution in [3.05, 3.63) is 29.8 Å². The summed E-state index contributed by atoms with van der Waals surface area (Å²) in [7, 11) is -1.26. The van der Waals surface area contributed by atoms with E-state index in [0.29, 0.717) is 0 Å². The second kappa shape index (κ2) is 7.08. The van der Waals surface area contributed by atoms with Gasteiger partial charge in [-0.3, -0.25) is 4.84 Å². The zero-order valence-electron chi connectivity index (χ0n) is 13.7. The van der Waals surface area contributed by atoms with Crippen molar-refractivity contribution in [2.24, 2.45) is 5.41 Å². The summed E-state index contributed by atoms with van der Waals surface area (Å²) in [5.41, 5.74) is -0.621. The van der Waals surface area contributed by atoms with E-state index in [9.17, 15) is 13.2 Å². The van der Waals surface area contributed by atoms with Gasteiger partial charge in [0.1, 0.15) is 6.10 Å². The second-order valence-corrected chi connectivity index (χ2v) is 7.44. The van der Waals surface area contributed by atoms with Crippen molar-refractivity contribution in [3.8, 4) is 6.07 Å². The molecule has 0 N–H and O–H groups in total. The third-order valence-electron chi connectivity index (χ3n) is 3.57. The quantitative estimate of drug-likeness (QED) is 0.580. The maximum absolute atomic E-state index is 12.1. The Labute approximate surface area is 136 Å². The van der Waals surface area contributed by atoms with Crippen molar-refractivity contribution < 1.29 is 22.8 Å². The molecule has 1 aromatic rings. The van der Waals surface area contributed by atoms with Gasteiger partial charge in [0.2, 0.25) is 0 Å². The van der Waals surface area contributed by atoms with Crippen LogP contribution in [0.3, 0.4) is 0 Å². The van der Waals surface area contributed by atoms with Crippen LogP contribution in [0.25, 0.3) is 0 Å². The summed E-state index contributed by atoms with van der Waals surface area (Å²) in [4.78, 5) is 16.7. The van der Waals surface area contributed by atoms with Gasteiger partial charge in [0.25, 0.3) is 10.0 Å². The Kier molecular flexibility index (Phi) is 5.88. The van der Waals surface area contributed by atoms with Crippen LogP contribution in [0.4, 0.5) is 0 Å². The molecular weight excluding hydrogens is 320 g/mol. The van der Waals surface area contributed by atoms with Gasteiger partial charge in [0.15, 0.2) is 0 Å². The minimum atomic E-state index is -3.77. The van der Waals surface area contributed by atoms with Crippen LogP contribution >= 0.6 is 0 Å². The van der Waals surface area contributed by atoms with Crippen LogP contribution in [-0.2, 0) is 19.6 Å². The molecule has 126 valence electrons. The lowest BCUT2D eigenvalue weighted by Crippen LogP contribution is -2.30. The lowest BCUT2D eigenvalue weighted by Gasteiger charge is -2.24. The number of nitrogens with zero attached hydrogens (tertiary/aromatic N) is 2. The normalized spacial score (nSPS) is 13.4. The molecule has 23 heavy (non-hydrogen) atoms. The van der Waals surface area contributed by atoms with Crippen LogP contribution in [-0.4, -0.2) is 39.1 Å². The maximum atomic E-state index is 12.1. The summed E-state index contributed by atoms with van der Waals surface area (Å²) in [5.74, 6) is -0.620. The van der Waals surface area contributed by atoms with Crippen LogP contribution in [0.1, 0.15) is 31.1 Å². The topological polar surface area (TPSA) is 96.7 Å². The third kappa shape index (κ3) is 4.28. The van der Waals surface area contributed by atoms with E-state index in [2.05, 4.69) is 10.9 Å². The highest BCUT2D eigenvalue weighted by atomic mass is 32.2. The SMILES string of the molecule is CON(C)S(=O)(=O)c1ccc(C(=O)O[C@@H](C)C(C)(C)C#N)cc1. The Morgan fingerprint density at radius 2 is 1.83 bits per heavy atom. The van der Waals surface area contributed by atoms with Crippen molar-refractivity contribution >= 4 is 16.0 Å². The van der Waals surface area contributed by atoms with E-state index in [4.69, 9.17) is 10.00 Å². The van der Waals surface area contributed by atoms with Crippen LogP contribution in [0.5, 0.6) is 0 Å². The first-order valence-corrected chi connectivity index (χ1v) is 8.25. The highest BCUT2D eigenvalue weighted by Gasteiger charge is 2.29. The molecule has 0 aliphatic carbocycles. The van der Waals surface area contributed by atoms with Gasteiger partial charge in [0.05, 0.1) is 29.1 Å². The van der Waals surface area contributed by atoms with E-state index in [1.807, 2.05) is 0 Å². The standard InChI is InChI=1S/C15H20N2O5S/c1-11(15(2,3)10-16)22-14(18)12-6-8-13(9-7-12)23(19,20)17(4)21-5/h6-9,11H,1-5H3/t11-/m0/s1. The molecule has 1 atom stereocenters. The predicted octanol–water partition coefficient (Wildman–Crippen LogP) is 1.96. The fraction of sp³-hybridized carbons (Fsp3) is 0.467. The molecule has 7 nitrogen and oxygen atoms in total. The fourth-order valence-corrected chi connectivity index (χ4v) is 2.45. The first kappa shape index (κ1) is 19.1. The highest BCUT2D eigenvalue weighted by molar-refractivity contribution is 7.89. The summed E-state index contributed by atoms with van der Waals surface area (Å²) < 4.78 is 30.0. The molecule has 0 aliphatic heterocycles. The van der Waals surface area contributed by atoms with Crippen molar-refractivity contribution in [2.45, 2.75) is 31.8 Å². The Balaban J connectivity index is 2.94. The molecule has 0 bridgehead atoms. The minimum Gasteiger partial charge on any atom is -0.457 e. The van der Waals surface area contributed by atoms with Crippen molar-refractivity contribution in [2.75, 3.05) is 14.2 Å². The molecule has 0 fully saturated rings. The van der Waals surface area contributed by atoms with Gasteiger partial charge < -0.3 is 4.74 Å². The first-order chi connectivity index (χ1) is 10.6. The van der Waals surface area contributed by atoms with Crippen LogP contribution in [0, 0.1) is 16.7 Å². The van der Waals surface area contributed by atoms with Crippen molar-refractivity contribution in [1.82, 2.24) is 4.47 Å². The molecule has 0 spiro atoms. The van der Waals surface area contributed by atoms with E-state index in [1.165, 1.54) is 38.4 Å². The smallest absolute Gasteiger partial charge is 0.338 e. The Hall–Kier alpha value is -1.95. The number of hydroxylamine groups is 1. The van der Waals surface area contributed by atoms with E-state index in [1.54, 1.807) is 20.8 Å². The number of nitriles is 1. The molecule has 0 aliphatic rings. The van der Waals surface area contributed by atoms with Crippen LogP contribution < -0.4 is 0 Å². The van der Waals surface area contributed by atoms with Gasteiger partial charge in [-0.1, -0.05) is 4.47 Å². The summed E-state index contributed by atoms with van der Waals surface area (Å²) in [6, 6.07) is 7.36. The molecule has 0 amide bonds. The number of hydrogen-bond donors (Lipinski definition) is 0. The molecule has 0 saturated carbocycles. The number of rotatable bonds is 6.